The molecule has 0 spiro atoms. The van der Waals surface area contributed by atoms with Crippen LogP contribution in [0.4, 0.5) is 0 Å². The molecule has 0 aliphatic carbocycles. The van der Waals surface area contributed by atoms with Gasteiger partial charge in [-0.05, 0) is 44.0 Å². The fourth-order valence-corrected chi connectivity index (χ4v) is 2.90. The lowest BCUT2D eigenvalue weighted by Gasteiger charge is -2.22. The minimum absolute atomic E-state index is 0.0416. The molecule has 1 aliphatic rings. The Labute approximate surface area is 117 Å². The normalized spacial score (nSPS) is 23.4. The van der Waals surface area contributed by atoms with Crippen LogP contribution >= 0.6 is 23.2 Å². The molecule has 1 aliphatic heterocycles. The zero-order valence-electron chi connectivity index (χ0n) is 10.2. The van der Waals surface area contributed by atoms with Crippen LogP contribution in [-0.4, -0.2) is 29.9 Å². The smallest absolute Gasteiger partial charge is 0.255 e. The number of hydrogen-bond acceptors (Lipinski definition) is 2. The van der Waals surface area contributed by atoms with Crippen molar-refractivity contribution in [3.05, 3.63) is 33.8 Å². The number of likely N-dealkylation sites (tertiary alicyclic amines) is 1. The third-order valence-electron chi connectivity index (χ3n) is 3.42. The molecule has 1 aromatic rings. The van der Waals surface area contributed by atoms with E-state index >= 15 is 0 Å². The van der Waals surface area contributed by atoms with Crippen molar-refractivity contribution in [1.29, 1.82) is 0 Å². The highest BCUT2D eigenvalue weighted by Gasteiger charge is 2.32. The number of nitrogens with two attached hydrogens (primary N) is 1. The Morgan fingerprint density at radius 3 is 2.78 bits per heavy atom. The Morgan fingerprint density at radius 2 is 2.22 bits per heavy atom. The zero-order chi connectivity index (χ0) is 13.3. The van der Waals surface area contributed by atoms with E-state index in [1.165, 1.54) is 0 Å². The van der Waals surface area contributed by atoms with Crippen molar-refractivity contribution < 1.29 is 4.79 Å². The molecule has 18 heavy (non-hydrogen) atoms. The molecular formula is C13H16Cl2N2O. The van der Waals surface area contributed by atoms with Crippen LogP contribution in [0, 0.1) is 5.92 Å². The quantitative estimate of drug-likeness (QED) is 0.909. The van der Waals surface area contributed by atoms with E-state index in [1.54, 1.807) is 18.2 Å². The molecule has 1 aromatic carbocycles. The second-order valence-corrected chi connectivity index (χ2v) is 5.61. The summed E-state index contributed by atoms with van der Waals surface area (Å²) >= 11 is 11.9. The highest BCUT2D eigenvalue weighted by Crippen LogP contribution is 2.27. The maximum absolute atomic E-state index is 12.4. The van der Waals surface area contributed by atoms with Gasteiger partial charge in [0, 0.05) is 17.6 Å². The van der Waals surface area contributed by atoms with Crippen molar-refractivity contribution in [2.45, 2.75) is 19.4 Å². The van der Waals surface area contributed by atoms with Gasteiger partial charge in [0.2, 0.25) is 0 Å². The molecule has 0 bridgehead atoms. The third kappa shape index (κ3) is 2.63. The summed E-state index contributed by atoms with van der Waals surface area (Å²) in [5, 5.41) is 0.932. The Kier molecular flexibility index (Phi) is 4.15. The first-order valence-electron chi connectivity index (χ1n) is 5.99. The summed E-state index contributed by atoms with van der Waals surface area (Å²) in [6, 6.07) is 5.16. The molecule has 0 saturated carbocycles. The van der Waals surface area contributed by atoms with Crippen LogP contribution in [0.15, 0.2) is 18.2 Å². The molecule has 1 saturated heterocycles. The SMILES string of the molecule is CC1CC(CN)CN1C(=O)c1ccc(Cl)cc1Cl. The molecule has 5 heteroatoms. The van der Waals surface area contributed by atoms with Crippen LogP contribution in [0.25, 0.3) is 0 Å². The summed E-state index contributed by atoms with van der Waals surface area (Å²) in [7, 11) is 0. The average molecular weight is 287 g/mol. The van der Waals surface area contributed by atoms with E-state index in [0.717, 1.165) is 6.42 Å². The number of hydrogen-bond donors (Lipinski definition) is 1. The standard InChI is InChI=1S/C13H16Cl2N2O/c1-8-4-9(6-16)7-17(8)13(18)11-3-2-10(14)5-12(11)15/h2-3,5,8-9H,4,6-7,16H2,1H3. The maximum atomic E-state index is 12.4. The average Bonchev–Trinajstić information content (AvgIpc) is 2.70. The minimum atomic E-state index is -0.0416. The Morgan fingerprint density at radius 1 is 1.50 bits per heavy atom. The van der Waals surface area contributed by atoms with Crippen LogP contribution in [0.2, 0.25) is 10.0 Å². The van der Waals surface area contributed by atoms with Gasteiger partial charge in [0.05, 0.1) is 10.6 Å². The third-order valence-corrected chi connectivity index (χ3v) is 3.96. The first-order chi connectivity index (χ1) is 8.52. The van der Waals surface area contributed by atoms with Gasteiger partial charge in [-0.3, -0.25) is 4.79 Å². The first kappa shape index (κ1) is 13.7. The largest absolute Gasteiger partial charge is 0.336 e. The predicted molar refractivity (Wildman–Crippen MR) is 74.1 cm³/mol. The lowest BCUT2D eigenvalue weighted by Crippen LogP contribution is -2.34. The summed E-state index contributed by atoms with van der Waals surface area (Å²) in [5.74, 6) is 0.343. The number of benzene rings is 1. The summed E-state index contributed by atoms with van der Waals surface area (Å²) < 4.78 is 0. The predicted octanol–water partition coefficient (Wildman–Crippen LogP) is 2.80. The van der Waals surface area contributed by atoms with Crippen LogP contribution < -0.4 is 5.73 Å². The van der Waals surface area contributed by atoms with Crippen LogP contribution in [0.5, 0.6) is 0 Å². The molecule has 2 rings (SSSR count). The highest BCUT2D eigenvalue weighted by atomic mass is 35.5. The summed E-state index contributed by atoms with van der Waals surface area (Å²) in [6.45, 7) is 3.36. The lowest BCUT2D eigenvalue weighted by molar-refractivity contribution is 0.0743. The van der Waals surface area contributed by atoms with Crippen molar-refractivity contribution in [3.8, 4) is 0 Å². The summed E-state index contributed by atoms with van der Waals surface area (Å²) in [5.41, 5.74) is 6.17. The van der Waals surface area contributed by atoms with Gasteiger partial charge in [-0.1, -0.05) is 23.2 Å². The molecule has 2 atom stereocenters. The number of nitrogens with zero attached hydrogens (tertiary/aromatic N) is 1. The van der Waals surface area contributed by atoms with Gasteiger partial charge >= 0.3 is 0 Å². The Hall–Kier alpha value is -0.770. The van der Waals surface area contributed by atoms with E-state index in [0.29, 0.717) is 34.6 Å². The van der Waals surface area contributed by atoms with Crippen LogP contribution in [-0.2, 0) is 0 Å². The molecule has 2 unspecified atom stereocenters. The van der Waals surface area contributed by atoms with Crippen molar-refractivity contribution in [1.82, 2.24) is 4.90 Å². The fraction of sp³-hybridized carbons (Fsp3) is 0.462. The van der Waals surface area contributed by atoms with Crippen LogP contribution in [0.1, 0.15) is 23.7 Å². The monoisotopic (exact) mass is 286 g/mol. The highest BCUT2D eigenvalue weighted by molar-refractivity contribution is 6.36. The Bertz CT molecular complexity index is 464. The number of rotatable bonds is 2. The van der Waals surface area contributed by atoms with E-state index in [4.69, 9.17) is 28.9 Å². The summed E-state index contributed by atoms with van der Waals surface area (Å²) in [6.07, 6.45) is 0.952. The van der Waals surface area contributed by atoms with E-state index in [2.05, 4.69) is 0 Å². The number of carbonyl (C=O) groups excluding carboxylic acids is 1. The second kappa shape index (κ2) is 5.47. The van der Waals surface area contributed by atoms with Gasteiger partial charge in [0.15, 0.2) is 0 Å². The first-order valence-corrected chi connectivity index (χ1v) is 6.74. The summed E-state index contributed by atoms with van der Waals surface area (Å²) in [4.78, 5) is 14.2. The van der Waals surface area contributed by atoms with Gasteiger partial charge in [0.1, 0.15) is 0 Å². The molecule has 0 radical (unpaired) electrons. The zero-order valence-corrected chi connectivity index (χ0v) is 11.7. The number of halogens is 2. The van der Waals surface area contributed by atoms with Gasteiger partial charge in [-0.25, -0.2) is 0 Å². The molecular weight excluding hydrogens is 271 g/mol. The molecule has 1 fully saturated rings. The van der Waals surface area contributed by atoms with E-state index < -0.39 is 0 Å². The van der Waals surface area contributed by atoms with Crippen molar-refractivity contribution in [2.75, 3.05) is 13.1 Å². The number of amides is 1. The Balaban J connectivity index is 2.21. The molecule has 3 nitrogen and oxygen atoms in total. The van der Waals surface area contributed by atoms with E-state index in [-0.39, 0.29) is 11.9 Å². The van der Waals surface area contributed by atoms with Crippen molar-refractivity contribution >= 4 is 29.1 Å². The van der Waals surface area contributed by atoms with Crippen LogP contribution in [0.3, 0.4) is 0 Å². The van der Waals surface area contributed by atoms with E-state index in [1.807, 2.05) is 11.8 Å². The van der Waals surface area contributed by atoms with Gasteiger partial charge in [-0.2, -0.15) is 0 Å². The molecule has 98 valence electrons. The minimum Gasteiger partial charge on any atom is -0.336 e. The molecule has 1 heterocycles. The number of carbonyl (C=O) groups is 1. The molecule has 2 N–H and O–H groups in total. The van der Waals surface area contributed by atoms with Crippen molar-refractivity contribution in [2.24, 2.45) is 11.7 Å². The van der Waals surface area contributed by atoms with Gasteiger partial charge in [0.25, 0.3) is 5.91 Å². The topological polar surface area (TPSA) is 46.3 Å². The molecule has 0 aromatic heterocycles. The maximum Gasteiger partial charge on any atom is 0.255 e. The lowest BCUT2D eigenvalue weighted by atomic mass is 10.1. The van der Waals surface area contributed by atoms with Gasteiger partial charge < -0.3 is 10.6 Å². The van der Waals surface area contributed by atoms with Crippen molar-refractivity contribution in [3.63, 3.8) is 0 Å². The molecule has 1 amide bonds. The second-order valence-electron chi connectivity index (χ2n) is 4.77. The fourth-order valence-electron chi connectivity index (χ4n) is 2.41. The van der Waals surface area contributed by atoms with Gasteiger partial charge in [-0.15, -0.1) is 0 Å². The van der Waals surface area contributed by atoms with E-state index in [9.17, 15) is 4.79 Å².